The zero-order valence-electron chi connectivity index (χ0n) is 11.4. The van der Waals surface area contributed by atoms with Crippen molar-refractivity contribution in [1.82, 2.24) is 9.97 Å². The standard InChI is InChI=1S/C15H15BrN2O2/c1-9-12(8-15(19)20)10(2)18-14(17-9)7-11-5-3-4-6-13(11)16/h3-6H,7-8H2,1-2H3,(H,19,20). The molecule has 0 aliphatic carbocycles. The van der Waals surface area contributed by atoms with Gasteiger partial charge in [-0.1, -0.05) is 34.1 Å². The highest BCUT2D eigenvalue weighted by Gasteiger charge is 2.12. The highest BCUT2D eigenvalue weighted by Crippen LogP contribution is 2.19. The van der Waals surface area contributed by atoms with Gasteiger partial charge in [0.2, 0.25) is 0 Å². The second kappa shape index (κ2) is 6.13. The minimum atomic E-state index is -0.863. The average Bonchev–Trinajstić information content (AvgIpc) is 2.36. The molecule has 0 atom stereocenters. The fraction of sp³-hybridized carbons (Fsp3) is 0.267. The molecule has 0 amide bonds. The van der Waals surface area contributed by atoms with E-state index in [9.17, 15) is 4.79 Å². The molecule has 0 fully saturated rings. The Labute approximate surface area is 126 Å². The van der Waals surface area contributed by atoms with Crippen molar-refractivity contribution in [3.63, 3.8) is 0 Å². The molecular weight excluding hydrogens is 320 g/mol. The average molecular weight is 335 g/mol. The number of nitrogens with zero attached hydrogens (tertiary/aromatic N) is 2. The second-order valence-corrected chi connectivity index (χ2v) is 5.48. The van der Waals surface area contributed by atoms with Crippen LogP contribution in [-0.2, 0) is 17.6 Å². The summed E-state index contributed by atoms with van der Waals surface area (Å²) >= 11 is 3.50. The number of aromatic nitrogens is 2. The van der Waals surface area contributed by atoms with Gasteiger partial charge in [-0.15, -0.1) is 0 Å². The van der Waals surface area contributed by atoms with Crippen LogP contribution in [0.4, 0.5) is 0 Å². The molecule has 5 heteroatoms. The van der Waals surface area contributed by atoms with E-state index in [-0.39, 0.29) is 6.42 Å². The molecule has 4 nitrogen and oxygen atoms in total. The monoisotopic (exact) mass is 334 g/mol. The first-order valence-corrected chi connectivity index (χ1v) is 7.05. The normalized spacial score (nSPS) is 10.6. The molecule has 1 aromatic heterocycles. The van der Waals surface area contributed by atoms with E-state index in [0.717, 1.165) is 21.4 Å². The van der Waals surface area contributed by atoms with Gasteiger partial charge < -0.3 is 5.11 Å². The van der Waals surface area contributed by atoms with E-state index in [2.05, 4.69) is 25.9 Å². The van der Waals surface area contributed by atoms with Crippen LogP contribution in [0.5, 0.6) is 0 Å². The summed E-state index contributed by atoms with van der Waals surface area (Å²) in [7, 11) is 0. The van der Waals surface area contributed by atoms with Crippen molar-refractivity contribution in [1.29, 1.82) is 0 Å². The van der Waals surface area contributed by atoms with Gasteiger partial charge in [-0.2, -0.15) is 0 Å². The molecule has 20 heavy (non-hydrogen) atoms. The number of carbonyl (C=O) groups is 1. The molecule has 0 saturated heterocycles. The van der Waals surface area contributed by atoms with E-state index < -0.39 is 5.97 Å². The smallest absolute Gasteiger partial charge is 0.307 e. The number of carboxylic acid groups (broad SMARTS) is 1. The van der Waals surface area contributed by atoms with Crippen LogP contribution in [0, 0.1) is 13.8 Å². The fourth-order valence-corrected chi connectivity index (χ4v) is 2.53. The van der Waals surface area contributed by atoms with Crippen LogP contribution in [-0.4, -0.2) is 21.0 Å². The Morgan fingerprint density at radius 1 is 1.20 bits per heavy atom. The van der Waals surface area contributed by atoms with Crippen molar-refractivity contribution in [2.24, 2.45) is 0 Å². The first-order chi connectivity index (χ1) is 9.47. The molecule has 2 rings (SSSR count). The van der Waals surface area contributed by atoms with E-state index in [1.165, 1.54) is 0 Å². The van der Waals surface area contributed by atoms with Crippen molar-refractivity contribution >= 4 is 21.9 Å². The molecule has 0 saturated carbocycles. The maximum atomic E-state index is 10.8. The number of aliphatic carboxylic acids is 1. The zero-order valence-corrected chi connectivity index (χ0v) is 12.9. The van der Waals surface area contributed by atoms with Crippen LogP contribution >= 0.6 is 15.9 Å². The highest BCUT2D eigenvalue weighted by atomic mass is 79.9. The predicted molar refractivity (Wildman–Crippen MR) is 79.8 cm³/mol. The zero-order chi connectivity index (χ0) is 14.7. The third-order valence-corrected chi connectivity index (χ3v) is 3.88. The van der Waals surface area contributed by atoms with E-state index in [1.807, 2.05) is 38.1 Å². The van der Waals surface area contributed by atoms with E-state index >= 15 is 0 Å². The molecule has 0 aliphatic heterocycles. The van der Waals surface area contributed by atoms with Gasteiger partial charge in [0.05, 0.1) is 6.42 Å². The molecule has 0 radical (unpaired) electrons. The van der Waals surface area contributed by atoms with Crippen LogP contribution in [0.3, 0.4) is 0 Å². The second-order valence-electron chi connectivity index (χ2n) is 4.63. The minimum Gasteiger partial charge on any atom is -0.481 e. The van der Waals surface area contributed by atoms with Gasteiger partial charge in [-0.05, 0) is 25.5 Å². The summed E-state index contributed by atoms with van der Waals surface area (Å²) in [6, 6.07) is 7.93. The molecule has 1 aromatic carbocycles. The van der Waals surface area contributed by atoms with Crippen LogP contribution < -0.4 is 0 Å². The number of benzene rings is 1. The molecule has 1 heterocycles. The summed E-state index contributed by atoms with van der Waals surface area (Å²) in [4.78, 5) is 19.7. The van der Waals surface area contributed by atoms with Gasteiger partial charge >= 0.3 is 5.97 Å². The van der Waals surface area contributed by atoms with Crippen molar-refractivity contribution in [3.8, 4) is 0 Å². The van der Waals surface area contributed by atoms with E-state index in [4.69, 9.17) is 5.11 Å². The van der Waals surface area contributed by atoms with Crippen molar-refractivity contribution in [3.05, 3.63) is 57.1 Å². The van der Waals surface area contributed by atoms with Crippen LogP contribution in [0.2, 0.25) is 0 Å². The summed E-state index contributed by atoms with van der Waals surface area (Å²) in [5, 5.41) is 8.89. The number of hydrogen-bond acceptors (Lipinski definition) is 3. The van der Waals surface area contributed by atoms with Gasteiger partial charge in [0, 0.05) is 27.8 Å². The summed E-state index contributed by atoms with van der Waals surface area (Å²) in [5.41, 5.74) is 3.29. The maximum absolute atomic E-state index is 10.8. The maximum Gasteiger partial charge on any atom is 0.307 e. The van der Waals surface area contributed by atoms with Crippen molar-refractivity contribution < 1.29 is 9.90 Å². The van der Waals surface area contributed by atoms with Gasteiger partial charge in [-0.3, -0.25) is 4.79 Å². The SMILES string of the molecule is Cc1nc(Cc2ccccc2Br)nc(C)c1CC(=O)O. The van der Waals surface area contributed by atoms with Crippen LogP contribution in [0.1, 0.15) is 28.3 Å². The molecule has 104 valence electrons. The summed E-state index contributed by atoms with van der Waals surface area (Å²) in [6.45, 7) is 3.66. The Morgan fingerprint density at radius 2 is 1.80 bits per heavy atom. The van der Waals surface area contributed by atoms with Gasteiger partial charge in [0.25, 0.3) is 0 Å². The minimum absolute atomic E-state index is 0.0347. The number of halogens is 1. The first kappa shape index (κ1) is 14.7. The Kier molecular flexibility index (Phi) is 4.49. The van der Waals surface area contributed by atoms with Gasteiger partial charge in [0.15, 0.2) is 0 Å². The molecule has 0 bridgehead atoms. The predicted octanol–water partition coefficient (Wildman–Crippen LogP) is 3.07. The van der Waals surface area contributed by atoms with E-state index in [0.29, 0.717) is 17.8 Å². The topological polar surface area (TPSA) is 63.1 Å². The molecule has 0 spiro atoms. The van der Waals surface area contributed by atoms with Crippen molar-refractivity contribution in [2.45, 2.75) is 26.7 Å². The third-order valence-electron chi connectivity index (χ3n) is 3.10. The Hall–Kier alpha value is -1.75. The summed E-state index contributed by atoms with van der Waals surface area (Å²) in [5.74, 6) is -0.153. The Bertz CT molecular complexity index is 633. The first-order valence-electron chi connectivity index (χ1n) is 6.25. The largest absolute Gasteiger partial charge is 0.481 e. The number of rotatable bonds is 4. The number of carboxylic acids is 1. The lowest BCUT2D eigenvalue weighted by molar-refractivity contribution is -0.136. The molecule has 1 N–H and O–H groups in total. The van der Waals surface area contributed by atoms with Gasteiger partial charge in [0.1, 0.15) is 5.82 Å². The molecule has 0 aliphatic rings. The quantitative estimate of drug-likeness (QED) is 0.933. The number of hydrogen-bond donors (Lipinski definition) is 1. The summed E-state index contributed by atoms with van der Waals surface area (Å²) in [6.07, 6.45) is 0.587. The third kappa shape index (κ3) is 3.42. The lowest BCUT2D eigenvalue weighted by Crippen LogP contribution is -2.10. The molecule has 2 aromatic rings. The van der Waals surface area contributed by atoms with Crippen LogP contribution in [0.15, 0.2) is 28.7 Å². The Morgan fingerprint density at radius 3 is 2.35 bits per heavy atom. The lowest BCUT2D eigenvalue weighted by Gasteiger charge is -2.10. The molecular formula is C15H15BrN2O2. The number of aryl methyl sites for hydroxylation is 2. The van der Waals surface area contributed by atoms with E-state index in [1.54, 1.807) is 0 Å². The molecule has 0 unspecified atom stereocenters. The fourth-order valence-electron chi connectivity index (χ4n) is 2.11. The highest BCUT2D eigenvalue weighted by molar-refractivity contribution is 9.10. The Balaban J connectivity index is 2.31. The summed E-state index contributed by atoms with van der Waals surface area (Å²) < 4.78 is 1.02. The van der Waals surface area contributed by atoms with Gasteiger partial charge in [-0.25, -0.2) is 9.97 Å². The lowest BCUT2D eigenvalue weighted by atomic mass is 10.1. The van der Waals surface area contributed by atoms with Crippen LogP contribution in [0.25, 0.3) is 0 Å². The van der Waals surface area contributed by atoms with Crippen molar-refractivity contribution in [2.75, 3.05) is 0 Å².